The molecule has 1 fully saturated rings. The Morgan fingerprint density at radius 3 is 2.83 bits per heavy atom. The highest BCUT2D eigenvalue weighted by Crippen LogP contribution is 2.38. The van der Waals surface area contributed by atoms with Crippen molar-refractivity contribution in [2.24, 2.45) is 5.41 Å². The van der Waals surface area contributed by atoms with Gasteiger partial charge in [-0.05, 0) is 30.7 Å². The fraction of sp³-hybridized carbons (Fsp3) is 0.571. The van der Waals surface area contributed by atoms with Crippen molar-refractivity contribution in [2.45, 2.75) is 32.1 Å². The average Bonchev–Trinajstić information content (AvgIpc) is 3.06. The Hall–Kier alpha value is -1.34. The van der Waals surface area contributed by atoms with Crippen LogP contribution in [-0.4, -0.2) is 24.4 Å². The van der Waals surface area contributed by atoms with E-state index in [9.17, 15) is 10.1 Å². The van der Waals surface area contributed by atoms with Gasteiger partial charge in [-0.2, -0.15) is 5.26 Å². The normalized spacial score (nSPS) is 17.3. The Balaban J connectivity index is 1.94. The van der Waals surface area contributed by atoms with Gasteiger partial charge < -0.3 is 4.90 Å². The first-order valence-corrected chi connectivity index (χ1v) is 7.25. The summed E-state index contributed by atoms with van der Waals surface area (Å²) in [6.45, 7) is 0.697. The molecule has 18 heavy (non-hydrogen) atoms. The fourth-order valence-electron chi connectivity index (χ4n) is 2.55. The van der Waals surface area contributed by atoms with Crippen LogP contribution in [0, 0.1) is 16.7 Å². The van der Waals surface area contributed by atoms with Crippen molar-refractivity contribution in [3.05, 3.63) is 22.4 Å². The highest BCUT2D eigenvalue weighted by Gasteiger charge is 2.42. The van der Waals surface area contributed by atoms with Gasteiger partial charge in [-0.25, -0.2) is 0 Å². The second-order valence-electron chi connectivity index (χ2n) is 4.96. The Morgan fingerprint density at radius 1 is 1.56 bits per heavy atom. The second-order valence-corrected chi connectivity index (χ2v) is 5.99. The number of hydrogen-bond acceptors (Lipinski definition) is 3. The summed E-state index contributed by atoms with van der Waals surface area (Å²) in [5, 5.41) is 11.3. The minimum Gasteiger partial charge on any atom is -0.344 e. The molecule has 0 N–H and O–H groups in total. The molecule has 0 atom stereocenters. The maximum absolute atomic E-state index is 12.4. The van der Waals surface area contributed by atoms with E-state index >= 15 is 0 Å². The third-order valence-corrected chi connectivity index (χ3v) is 4.64. The molecule has 0 aromatic carbocycles. The third kappa shape index (κ3) is 2.56. The largest absolute Gasteiger partial charge is 0.344 e. The van der Waals surface area contributed by atoms with Crippen LogP contribution >= 0.6 is 11.3 Å². The minimum absolute atomic E-state index is 0.0130. The fourth-order valence-corrected chi connectivity index (χ4v) is 3.25. The van der Waals surface area contributed by atoms with E-state index in [4.69, 9.17) is 0 Å². The molecule has 2 rings (SSSR count). The zero-order valence-corrected chi connectivity index (χ0v) is 11.5. The molecule has 4 heteroatoms. The molecule has 0 spiro atoms. The van der Waals surface area contributed by atoms with Crippen molar-refractivity contribution in [1.29, 1.82) is 5.26 Å². The van der Waals surface area contributed by atoms with Crippen molar-refractivity contribution in [2.75, 3.05) is 13.6 Å². The van der Waals surface area contributed by atoms with E-state index in [-0.39, 0.29) is 5.91 Å². The molecule has 1 aromatic rings. The molecule has 0 aliphatic heterocycles. The highest BCUT2D eigenvalue weighted by molar-refractivity contribution is 7.09. The summed E-state index contributed by atoms with van der Waals surface area (Å²) in [7, 11) is 1.81. The number of rotatable bonds is 4. The molecule has 0 unspecified atom stereocenters. The number of likely N-dealkylation sites (N-methyl/N-ethyl adjacent to an activating group) is 1. The lowest BCUT2D eigenvalue weighted by molar-refractivity contribution is -0.137. The summed E-state index contributed by atoms with van der Waals surface area (Å²) in [6, 6.07) is 6.37. The first kappa shape index (κ1) is 13.1. The van der Waals surface area contributed by atoms with Gasteiger partial charge in [-0.1, -0.05) is 18.9 Å². The summed E-state index contributed by atoms with van der Waals surface area (Å²) in [6.07, 6.45) is 4.33. The number of nitrogens with zero attached hydrogens (tertiary/aromatic N) is 2. The van der Waals surface area contributed by atoms with Crippen LogP contribution < -0.4 is 0 Å². The molecule has 1 aliphatic rings. The van der Waals surface area contributed by atoms with Crippen LogP contribution in [0.15, 0.2) is 17.5 Å². The molecule has 96 valence electrons. The third-order valence-electron chi connectivity index (χ3n) is 3.70. The number of carbonyl (C=O) groups is 1. The van der Waals surface area contributed by atoms with E-state index < -0.39 is 5.41 Å². The van der Waals surface area contributed by atoms with Crippen molar-refractivity contribution >= 4 is 17.2 Å². The van der Waals surface area contributed by atoms with Gasteiger partial charge in [-0.3, -0.25) is 4.79 Å². The van der Waals surface area contributed by atoms with E-state index in [2.05, 4.69) is 12.1 Å². The predicted octanol–water partition coefficient (Wildman–Crippen LogP) is 2.83. The Morgan fingerprint density at radius 2 is 2.28 bits per heavy atom. The summed E-state index contributed by atoms with van der Waals surface area (Å²) < 4.78 is 0. The van der Waals surface area contributed by atoms with Gasteiger partial charge in [-0.15, -0.1) is 11.3 Å². The van der Waals surface area contributed by atoms with E-state index in [1.165, 1.54) is 4.88 Å². The second kappa shape index (κ2) is 5.53. The van der Waals surface area contributed by atoms with Crippen molar-refractivity contribution in [3.63, 3.8) is 0 Å². The molecule has 0 saturated heterocycles. The van der Waals surface area contributed by atoms with Crippen LogP contribution in [0.2, 0.25) is 0 Å². The molecule has 0 radical (unpaired) electrons. The monoisotopic (exact) mass is 262 g/mol. The standard InChI is InChI=1S/C14H18N2OS/c1-16(9-6-12-5-4-10-18-12)13(17)14(11-15)7-2-3-8-14/h4-5,10H,2-3,6-9H2,1H3. The maximum Gasteiger partial charge on any atom is 0.242 e. The Kier molecular flexibility index (Phi) is 4.03. The molecule has 1 aromatic heterocycles. The van der Waals surface area contributed by atoms with E-state index in [0.29, 0.717) is 6.54 Å². The number of nitriles is 1. The lowest BCUT2D eigenvalue weighted by atomic mass is 9.86. The van der Waals surface area contributed by atoms with Crippen LogP contribution in [0.5, 0.6) is 0 Å². The lowest BCUT2D eigenvalue weighted by Crippen LogP contribution is -2.40. The SMILES string of the molecule is CN(CCc1cccs1)C(=O)C1(C#N)CCCC1. The van der Waals surface area contributed by atoms with E-state index in [0.717, 1.165) is 32.1 Å². The van der Waals surface area contributed by atoms with Gasteiger partial charge in [0, 0.05) is 18.5 Å². The van der Waals surface area contributed by atoms with Gasteiger partial charge in [0.05, 0.1) is 6.07 Å². The molecule has 1 amide bonds. The Bertz CT molecular complexity index is 441. The van der Waals surface area contributed by atoms with Crippen LogP contribution in [-0.2, 0) is 11.2 Å². The minimum atomic E-state index is -0.732. The molecule has 3 nitrogen and oxygen atoms in total. The quantitative estimate of drug-likeness (QED) is 0.837. The average molecular weight is 262 g/mol. The summed E-state index contributed by atoms with van der Waals surface area (Å²) in [5.41, 5.74) is -0.732. The van der Waals surface area contributed by atoms with Crippen LogP contribution in [0.3, 0.4) is 0 Å². The first-order chi connectivity index (χ1) is 8.68. The van der Waals surface area contributed by atoms with Crippen molar-refractivity contribution < 1.29 is 4.79 Å². The highest BCUT2D eigenvalue weighted by atomic mass is 32.1. The van der Waals surface area contributed by atoms with Crippen molar-refractivity contribution in [3.8, 4) is 6.07 Å². The number of thiophene rings is 1. The molecule has 0 bridgehead atoms. The topological polar surface area (TPSA) is 44.1 Å². The van der Waals surface area contributed by atoms with E-state index in [1.807, 2.05) is 18.5 Å². The molecule has 1 aliphatic carbocycles. The van der Waals surface area contributed by atoms with Gasteiger partial charge >= 0.3 is 0 Å². The molecule has 1 heterocycles. The van der Waals surface area contributed by atoms with Gasteiger partial charge in [0.2, 0.25) is 5.91 Å². The van der Waals surface area contributed by atoms with E-state index in [1.54, 1.807) is 16.2 Å². The smallest absolute Gasteiger partial charge is 0.242 e. The molecular weight excluding hydrogens is 244 g/mol. The maximum atomic E-state index is 12.4. The summed E-state index contributed by atoms with van der Waals surface area (Å²) >= 11 is 1.71. The lowest BCUT2D eigenvalue weighted by Gasteiger charge is -2.26. The zero-order valence-electron chi connectivity index (χ0n) is 10.7. The number of hydrogen-bond donors (Lipinski definition) is 0. The van der Waals surface area contributed by atoms with Gasteiger partial charge in [0.25, 0.3) is 0 Å². The molecular formula is C14H18N2OS. The summed E-state index contributed by atoms with van der Waals surface area (Å²) in [5.74, 6) is 0.0130. The van der Waals surface area contributed by atoms with Crippen molar-refractivity contribution in [1.82, 2.24) is 4.90 Å². The van der Waals surface area contributed by atoms with Crippen LogP contribution in [0.4, 0.5) is 0 Å². The first-order valence-electron chi connectivity index (χ1n) is 6.37. The molecule has 1 saturated carbocycles. The predicted molar refractivity (Wildman–Crippen MR) is 72.2 cm³/mol. The van der Waals surface area contributed by atoms with Gasteiger partial charge in [0.15, 0.2) is 0 Å². The Labute approximate surface area is 112 Å². The number of amides is 1. The number of carbonyl (C=O) groups excluding carboxylic acids is 1. The zero-order chi connectivity index (χ0) is 13.0. The van der Waals surface area contributed by atoms with Crippen LogP contribution in [0.25, 0.3) is 0 Å². The van der Waals surface area contributed by atoms with Crippen LogP contribution in [0.1, 0.15) is 30.6 Å². The summed E-state index contributed by atoms with van der Waals surface area (Å²) in [4.78, 5) is 15.4. The van der Waals surface area contributed by atoms with Gasteiger partial charge in [0.1, 0.15) is 5.41 Å².